The maximum absolute atomic E-state index is 11.8. The van der Waals surface area contributed by atoms with Gasteiger partial charge in [0.2, 0.25) is 5.91 Å². The van der Waals surface area contributed by atoms with Crippen LogP contribution in [0.2, 0.25) is 0 Å². The molecule has 1 aliphatic rings. The molecule has 0 aliphatic carbocycles. The van der Waals surface area contributed by atoms with E-state index in [2.05, 4.69) is 5.32 Å². The molecule has 1 heterocycles. The standard InChI is InChI=1S/C13H17NO2/c1-10(11-6-3-2-4-7-11)14-13(15)12-8-5-9-16-12/h2-4,6-7,10,12H,5,8-9H2,1H3,(H,14,15)/t10-,12+/m1/s1. The summed E-state index contributed by atoms with van der Waals surface area (Å²) in [6.07, 6.45) is 1.58. The first-order chi connectivity index (χ1) is 7.77. The monoisotopic (exact) mass is 219 g/mol. The van der Waals surface area contributed by atoms with Crippen LogP contribution >= 0.6 is 0 Å². The summed E-state index contributed by atoms with van der Waals surface area (Å²) in [5.41, 5.74) is 1.12. The Morgan fingerprint density at radius 2 is 2.19 bits per heavy atom. The second kappa shape index (κ2) is 5.12. The molecule has 1 aliphatic heterocycles. The lowest BCUT2D eigenvalue weighted by Gasteiger charge is -2.16. The van der Waals surface area contributed by atoms with Gasteiger partial charge in [0.25, 0.3) is 0 Å². The van der Waals surface area contributed by atoms with Crippen LogP contribution < -0.4 is 5.32 Å². The summed E-state index contributed by atoms with van der Waals surface area (Å²) in [7, 11) is 0. The maximum atomic E-state index is 11.8. The summed E-state index contributed by atoms with van der Waals surface area (Å²) in [6, 6.07) is 9.99. The van der Waals surface area contributed by atoms with Crippen LogP contribution in [0.4, 0.5) is 0 Å². The van der Waals surface area contributed by atoms with E-state index in [4.69, 9.17) is 4.74 Å². The van der Waals surface area contributed by atoms with Gasteiger partial charge in [0.05, 0.1) is 6.04 Å². The fourth-order valence-corrected chi connectivity index (χ4v) is 1.92. The highest BCUT2D eigenvalue weighted by molar-refractivity contribution is 5.81. The summed E-state index contributed by atoms with van der Waals surface area (Å²) in [5, 5.41) is 2.97. The SMILES string of the molecule is C[C@@H](NC(=O)[C@@H]1CCCO1)c1ccccc1. The predicted octanol–water partition coefficient (Wildman–Crippen LogP) is 2.04. The molecule has 0 saturated carbocycles. The second-order valence-corrected chi connectivity index (χ2v) is 4.14. The first kappa shape index (κ1) is 11.1. The second-order valence-electron chi connectivity index (χ2n) is 4.14. The number of hydrogen-bond acceptors (Lipinski definition) is 2. The van der Waals surface area contributed by atoms with Gasteiger partial charge in [0.1, 0.15) is 6.10 Å². The Morgan fingerprint density at radius 1 is 1.44 bits per heavy atom. The largest absolute Gasteiger partial charge is 0.368 e. The molecule has 0 bridgehead atoms. The van der Waals surface area contributed by atoms with Crippen molar-refractivity contribution in [2.75, 3.05) is 6.61 Å². The van der Waals surface area contributed by atoms with Crippen LogP contribution in [0.1, 0.15) is 31.4 Å². The summed E-state index contributed by atoms with van der Waals surface area (Å²) in [6.45, 7) is 2.69. The lowest BCUT2D eigenvalue weighted by atomic mass is 10.1. The molecule has 0 aromatic heterocycles. The van der Waals surface area contributed by atoms with Crippen molar-refractivity contribution in [1.82, 2.24) is 5.32 Å². The zero-order valence-corrected chi connectivity index (χ0v) is 9.48. The highest BCUT2D eigenvalue weighted by atomic mass is 16.5. The van der Waals surface area contributed by atoms with E-state index in [0.717, 1.165) is 18.4 Å². The molecule has 1 fully saturated rings. The number of carbonyl (C=O) groups excluding carboxylic acids is 1. The van der Waals surface area contributed by atoms with Crippen molar-refractivity contribution >= 4 is 5.91 Å². The minimum Gasteiger partial charge on any atom is -0.368 e. The van der Waals surface area contributed by atoms with Crippen molar-refractivity contribution in [1.29, 1.82) is 0 Å². The third-order valence-corrected chi connectivity index (χ3v) is 2.88. The third-order valence-electron chi connectivity index (χ3n) is 2.88. The predicted molar refractivity (Wildman–Crippen MR) is 62.0 cm³/mol. The quantitative estimate of drug-likeness (QED) is 0.844. The minimum atomic E-state index is -0.244. The normalized spacial score (nSPS) is 21.7. The molecule has 1 saturated heterocycles. The van der Waals surface area contributed by atoms with Gasteiger partial charge in [0.15, 0.2) is 0 Å². The topological polar surface area (TPSA) is 38.3 Å². The molecule has 2 atom stereocenters. The van der Waals surface area contributed by atoms with E-state index in [9.17, 15) is 4.79 Å². The molecule has 16 heavy (non-hydrogen) atoms. The highest BCUT2D eigenvalue weighted by Crippen LogP contribution is 2.15. The van der Waals surface area contributed by atoms with Crippen molar-refractivity contribution < 1.29 is 9.53 Å². The molecule has 0 spiro atoms. The van der Waals surface area contributed by atoms with Crippen LogP contribution in [0.5, 0.6) is 0 Å². The number of nitrogens with one attached hydrogen (secondary N) is 1. The first-order valence-corrected chi connectivity index (χ1v) is 5.74. The molecule has 1 aromatic carbocycles. The lowest BCUT2D eigenvalue weighted by Crippen LogP contribution is -2.35. The van der Waals surface area contributed by atoms with Gasteiger partial charge in [-0.2, -0.15) is 0 Å². The van der Waals surface area contributed by atoms with E-state index in [1.165, 1.54) is 0 Å². The number of benzene rings is 1. The molecule has 1 N–H and O–H groups in total. The molecule has 3 nitrogen and oxygen atoms in total. The molecule has 0 unspecified atom stereocenters. The first-order valence-electron chi connectivity index (χ1n) is 5.74. The van der Waals surface area contributed by atoms with Crippen LogP contribution in [0.3, 0.4) is 0 Å². The van der Waals surface area contributed by atoms with Gasteiger partial charge in [0, 0.05) is 6.61 Å². The van der Waals surface area contributed by atoms with Crippen molar-refractivity contribution in [2.24, 2.45) is 0 Å². The fraction of sp³-hybridized carbons (Fsp3) is 0.462. The minimum absolute atomic E-state index is 0.00820. The summed E-state index contributed by atoms with van der Waals surface area (Å²) >= 11 is 0. The summed E-state index contributed by atoms with van der Waals surface area (Å²) < 4.78 is 5.34. The Balaban J connectivity index is 1.92. The molecule has 2 rings (SSSR count). The van der Waals surface area contributed by atoms with Crippen LogP contribution in [0.15, 0.2) is 30.3 Å². The Hall–Kier alpha value is -1.35. The van der Waals surface area contributed by atoms with E-state index < -0.39 is 0 Å². The third kappa shape index (κ3) is 2.61. The number of hydrogen-bond donors (Lipinski definition) is 1. The van der Waals surface area contributed by atoms with Gasteiger partial charge in [-0.25, -0.2) is 0 Å². The zero-order chi connectivity index (χ0) is 11.4. The summed E-state index contributed by atoms with van der Waals surface area (Å²) in [5.74, 6) is 0.00820. The van der Waals surface area contributed by atoms with Gasteiger partial charge in [-0.15, -0.1) is 0 Å². The van der Waals surface area contributed by atoms with Gasteiger partial charge >= 0.3 is 0 Å². The Bertz CT molecular complexity index is 344. The average Bonchev–Trinajstić information content (AvgIpc) is 2.83. The smallest absolute Gasteiger partial charge is 0.249 e. The molecule has 86 valence electrons. The van der Waals surface area contributed by atoms with Crippen LogP contribution in [0.25, 0.3) is 0 Å². The van der Waals surface area contributed by atoms with Crippen molar-refractivity contribution in [3.05, 3.63) is 35.9 Å². The van der Waals surface area contributed by atoms with Crippen LogP contribution in [-0.2, 0) is 9.53 Å². The van der Waals surface area contributed by atoms with Gasteiger partial charge < -0.3 is 10.1 Å². The Labute approximate surface area is 95.8 Å². The highest BCUT2D eigenvalue weighted by Gasteiger charge is 2.24. The van der Waals surface area contributed by atoms with E-state index in [0.29, 0.717) is 6.61 Å². The number of rotatable bonds is 3. The molecular formula is C13H17NO2. The van der Waals surface area contributed by atoms with Gasteiger partial charge in [-0.05, 0) is 25.3 Å². The van der Waals surface area contributed by atoms with E-state index in [1.54, 1.807) is 0 Å². The summed E-state index contributed by atoms with van der Waals surface area (Å²) in [4.78, 5) is 11.8. The lowest BCUT2D eigenvalue weighted by molar-refractivity contribution is -0.130. The number of ether oxygens (including phenoxy) is 1. The van der Waals surface area contributed by atoms with E-state index in [1.807, 2.05) is 37.3 Å². The molecule has 3 heteroatoms. The zero-order valence-electron chi connectivity index (χ0n) is 9.48. The van der Waals surface area contributed by atoms with E-state index in [-0.39, 0.29) is 18.1 Å². The Morgan fingerprint density at radius 3 is 2.81 bits per heavy atom. The average molecular weight is 219 g/mol. The molecule has 1 amide bonds. The van der Waals surface area contributed by atoms with E-state index >= 15 is 0 Å². The Kier molecular flexibility index (Phi) is 3.57. The van der Waals surface area contributed by atoms with Gasteiger partial charge in [-0.1, -0.05) is 30.3 Å². The van der Waals surface area contributed by atoms with Crippen LogP contribution in [-0.4, -0.2) is 18.6 Å². The van der Waals surface area contributed by atoms with Crippen molar-refractivity contribution in [3.63, 3.8) is 0 Å². The van der Waals surface area contributed by atoms with Crippen molar-refractivity contribution in [2.45, 2.75) is 31.9 Å². The molecule has 0 radical (unpaired) electrons. The van der Waals surface area contributed by atoms with Crippen LogP contribution in [0, 0.1) is 0 Å². The number of carbonyl (C=O) groups is 1. The number of amides is 1. The fourth-order valence-electron chi connectivity index (χ4n) is 1.92. The van der Waals surface area contributed by atoms with Crippen molar-refractivity contribution in [3.8, 4) is 0 Å². The molecule has 1 aromatic rings. The maximum Gasteiger partial charge on any atom is 0.249 e. The van der Waals surface area contributed by atoms with Gasteiger partial charge in [-0.3, -0.25) is 4.79 Å². The molecular weight excluding hydrogens is 202 g/mol.